The summed E-state index contributed by atoms with van der Waals surface area (Å²) in [5.74, 6) is 0. The number of aryl methyl sites for hydroxylation is 1. The highest BCUT2D eigenvalue weighted by Crippen LogP contribution is 2.42. The average Bonchev–Trinajstić information content (AvgIpc) is 3.31. The first-order chi connectivity index (χ1) is 16.0. The van der Waals surface area contributed by atoms with Crippen LogP contribution in [0.2, 0.25) is 0 Å². The summed E-state index contributed by atoms with van der Waals surface area (Å²) >= 11 is 9.39. The minimum Gasteiger partial charge on any atom is -0.352 e. The topological polar surface area (TPSA) is 46.0 Å². The van der Waals surface area contributed by atoms with Crippen LogP contribution in [0, 0.1) is 13.8 Å². The van der Waals surface area contributed by atoms with E-state index in [9.17, 15) is 0 Å². The maximum atomic E-state index is 5.84. The maximum Gasteiger partial charge on any atom is 0.170 e. The van der Waals surface area contributed by atoms with Crippen molar-refractivity contribution in [3.63, 3.8) is 0 Å². The Morgan fingerprint density at radius 1 is 1.00 bits per heavy atom. The Kier molecular flexibility index (Phi) is 6.00. The number of benzene rings is 1. The van der Waals surface area contributed by atoms with Crippen LogP contribution < -0.4 is 5.32 Å². The van der Waals surface area contributed by atoms with E-state index in [1.54, 1.807) is 0 Å². The fourth-order valence-corrected chi connectivity index (χ4v) is 5.24. The van der Waals surface area contributed by atoms with E-state index < -0.39 is 0 Å². The van der Waals surface area contributed by atoms with E-state index >= 15 is 0 Å². The molecule has 2 unspecified atom stereocenters. The molecule has 0 amide bonds. The zero-order valence-electron chi connectivity index (χ0n) is 18.4. The van der Waals surface area contributed by atoms with Crippen molar-refractivity contribution in [3.8, 4) is 5.69 Å². The molecule has 7 heteroatoms. The van der Waals surface area contributed by atoms with Crippen LogP contribution in [0.25, 0.3) is 5.69 Å². The van der Waals surface area contributed by atoms with Gasteiger partial charge in [0.2, 0.25) is 0 Å². The van der Waals surface area contributed by atoms with Crippen LogP contribution in [-0.2, 0) is 6.54 Å². The van der Waals surface area contributed by atoms with Gasteiger partial charge in [-0.1, -0.05) is 22.0 Å². The van der Waals surface area contributed by atoms with Gasteiger partial charge in [-0.2, -0.15) is 0 Å². The number of halogens is 1. The number of pyridine rings is 2. The zero-order valence-corrected chi connectivity index (χ0v) is 20.8. The number of aromatic nitrogens is 3. The van der Waals surface area contributed by atoms with Crippen molar-refractivity contribution in [2.75, 3.05) is 0 Å². The van der Waals surface area contributed by atoms with E-state index in [-0.39, 0.29) is 12.1 Å². The minimum atomic E-state index is -0.0422. The molecule has 1 aliphatic heterocycles. The molecule has 0 spiro atoms. The van der Waals surface area contributed by atoms with Crippen LogP contribution >= 0.6 is 28.1 Å². The third kappa shape index (κ3) is 4.18. The van der Waals surface area contributed by atoms with Crippen LogP contribution in [0.4, 0.5) is 0 Å². The first-order valence-electron chi connectivity index (χ1n) is 10.8. The van der Waals surface area contributed by atoms with Crippen LogP contribution in [0.5, 0.6) is 0 Å². The van der Waals surface area contributed by atoms with Crippen molar-refractivity contribution < 1.29 is 0 Å². The fraction of sp³-hybridized carbons (Fsp3) is 0.192. The summed E-state index contributed by atoms with van der Waals surface area (Å²) < 4.78 is 3.38. The smallest absolute Gasteiger partial charge is 0.170 e. The largest absolute Gasteiger partial charge is 0.352 e. The highest BCUT2D eigenvalue weighted by Gasteiger charge is 2.41. The van der Waals surface area contributed by atoms with Gasteiger partial charge in [0, 0.05) is 46.7 Å². The summed E-state index contributed by atoms with van der Waals surface area (Å²) in [4.78, 5) is 11.1. The van der Waals surface area contributed by atoms with Crippen molar-refractivity contribution in [1.82, 2.24) is 24.8 Å². The molecule has 4 aromatic rings. The Labute approximate surface area is 207 Å². The number of thiocarbonyl (C=S) groups is 1. The van der Waals surface area contributed by atoms with Gasteiger partial charge in [-0.3, -0.25) is 9.97 Å². The molecular weight excluding hydrogens is 494 g/mol. The molecule has 5 nitrogen and oxygen atoms in total. The molecule has 0 bridgehead atoms. The molecule has 0 saturated carbocycles. The zero-order chi connectivity index (χ0) is 22.9. The van der Waals surface area contributed by atoms with Crippen LogP contribution in [0.15, 0.2) is 83.7 Å². The predicted molar refractivity (Wildman–Crippen MR) is 138 cm³/mol. The number of nitrogens with one attached hydrogen (secondary N) is 1. The average molecular weight is 518 g/mol. The van der Waals surface area contributed by atoms with E-state index in [0.717, 1.165) is 21.0 Å². The lowest BCUT2D eigenvalue weighted by molar-refractivity contribution is 0.310. The quantitative estimate of drug-likeness (QED) is 0.338. The van der Waals surface area contributed by atoms with Gasteiger partial charge < -0.3 is 14.8 Å². The van der Waals surface area contributed by atoms with Crippen molar-refractivity contribution >= 4 is 33.3 Å². The second kappa shape index (κ2) is 9.08. The molecule has 2 atom stereocenters. The molecule has 4 heterocycles. The third-order valence-corrected chi connectivity index (χ3v) is 7.05. The summed E-state index contributed by atoms with van der Waals surface area (Å²) in [6.07, 6.45) is 5.49. The van der Waals surface area contributed by atoms with E-state index in [1.165, 1.54) is 22.5 Å². The molecule has 5 rings (SSSR count). The highest BCUT2D eigenvalue weighted by atomic mass is 79.9. The van der Waals surface area contributed by atoms with Gasteiger partial charge in [0.05, 0.1) is 17.8 Å². The standard InChI is InChI=1S/C26H24BrN5S/c1-17-15-22(18(2)32(17)21-8-6-20(27)7-9-21)25-24(23-5-3-4-12-29-23)30-26(33)31(25)16-19-10-13-28-14-11-19/h3-15,24-25H,16H2,1-2H3,(H,30,33). The van der Waals surface area contributed by atoms with Crippen molar-refractivity contribution in [3.05, 3.63) is 112 Å². The third-order valence-electron chi connectivity index (χ3n) is 6.17. The summed E-state index contributed by atoms with van der Waals surface area (Å²) in [6.45, 7) is 5.04. The monoisotopic (exact) mass is 517 g/mol. The lowest BCUT2D eigenvalue weighted by atomic mass is 9.96. The van der Waals surface area contributed by atoms with Crippen molar-refractivity contribution in [2.45, 2.75) is 32.5 Å². The predicted octanol–water partition coefficient (Wildman–Crippen LogP) is 5.82. The van der Waals surface area contributed by atoms with E-state index in [0.29, 0.717) is 6.54 Å². The molecule has 1 aromatic carbocycles. The van der Waals surface area contributed by atoms with Gasteiger partial charge in [0.25, 0.3) is 0 Å². The lowest BCUT2D eigenvalue weighted by Gasteiger charge is -2.28. The van der Waals surface area contributed by atoms with E-state index in [4.69, 9.17) is 12.2 Å². The van der Waals surface area contributed by atoms with Gasteiger partial charge in [0.1, 0.15) is 0 Å². The maximum absolute atomic E-state index is 5.84. The molecule has 3 aromatic heterocycles. The molecule has 0 aliphatic carbocycles. The molecule has 1 fully saturated rings. The second-order valence-electron chi connectivity index (χ2n) is 8.25. The summed E-state index contributed by atoms with van der Waals surface area (Å²) in [5, 5.41) is 4.29. The Morgan fingerprint density at radius 3 is 2.45 bits per heavy atom. The first-order valence-corrected chi connectivity index (χ1v) is 12.0. The highest BCUT2D eigenvalue weighted by molar-refractivity contribution is 9.10. The Balaban J connectivity index is 1.61. The molecule has 0 radical (unpaired) electrons. The molecule has 1 saturated heterocycles. The Morgan fingerprint density at radius 2 is 1.76 bits per heavy atom. The van der Waals surface area contributed by atoms with Crippen LogP contribution in [0.1, 0.15) is 40.3 Å². The molecule has 1 N–H and O–H groups in total. The van der Waals surface area contributed by atoms with E-state index in [1.807, 2.05) is 42.9 Å². The summed E-state index contributed by atoms with van der Waals surface area (Å²) in [6, 6.07) is 20.8. The Bertz CT molecular complexity index is 1270. The van der Waals surface area contributed by atoms with Gasteiger partial charge >= 0.3 is 0 Å². The lowest BCUT2D eigenvalue weighted by Crippen LogP contribution is -2.29. The van der Waals surface area contributed by atoms with Gasteiger partial charge in [-0.05, 0) is 91.8 Å². The molecule has 1 aliphatic rings. The SMILES string of the molecule is Cc1cc(C2C(c3ccccn3)NC(=S)N2Cc2ccncc2)c(C)n1-c1ccc(Br)cc1. The number of nitrogens with zero attached hydrogens (tertiary/aromatic N) is 4. The fourth-order valence-electron chi connectivity index (χ4n) is 4.67. The number of hydrogen-bond donors (Lipinski definition) is 1. The normalized spacial score (nSPS) is 17.9. The van der Waals surface area contributed by atoms with E-state index in [2.05, 4.69) is 90.9 Å². The molecule has 33 heavy (non-hydrogen) atoms. The minimum absolute atomic E-state index is 0.0102. The van der Waals surface area contributed by atoms with Gasteiger partial charge in [-0.25, -0.2) is 0 Å². The summed E-state index contributed by atoms with van der Waals surface area (Å²) in [7, 11) is 0. The summed E-state index contributed by atoms with van der Waals surface area (Å²) in [5.41, 5.74) is 6.92. The van der Waals surface area contributed by atoms with Crippen LogP contribution in [0.3, 0.4) is 0 Å². The van der Waals surface area contributed by atoms with Gasteiger partial charge in [-0.15, -0.1) is 0 Å². The second-order valence-corrected chi connectivity index (χ2v) is 9.55. The first kappa shape index (κ1) is 21.8. The number of hydrogen-bond acceptors (Lipinski definition) is 3. The van der Waals surface area contributed by atoms with Crippen molar-refractivity contribution in [1.29, 1.82) is 0 Å². The number of rotatable bonds is 5. The van der Waals surface area contributed by atoms with Crippen molar-refractivity contribution in [2.24, 2.45) is 0 Å². The molecular formula is C26H24BrN5S. The Hall–Kier alpha value is -3.03. The molecule has 166 valence electrons. The van der Waals surface area contributed by atoms with Gasteiger partial charge in [0.15, 0.2) is 5.11 Å². The van der Waals surface area contributed by atoms with Crippen LogP contribution in [-0.4, -0.2) is 24.5 Å².